The molecule has 0 aliphatic carbocycles. The van der Waals surface area contributed by atoms with E-state index in [9.17, 15) is 4.79 Å². The van der Waals surface area contributed by atoms with E-state index in [4.69, 9.17) is 5.11 Å². The number of carboxylic acids is 1. The molecule has 0 unspecified atom stereocenters. The highest BCUT2D eigenvalue weighted by Crippen LogP contribution is 2.18. The minimum atomic E-state index is -1.04. The first kappa shape index (κ1) is 12.5. The number of nitrogens with zero attached hydrogens (tertiary/aromatic N) is 4. The molecule has 0 amide bonds. The largest absolute Gasteiger partial charge is 0.478 e. The second-order valence-corrected chi connectivity index (χ2v) is 4.46. The third-order valence-electron chi connectivity index (χ3n) is 2.15. The number of aromatic carboxylic acids is 1. The molecule has 0 bridgehead atoms. The predicted molar refractivity (Wildman–Crippen MR) is 67.2 cm³/mol. The minimum Gasteiger partial charge on any atom is -0.478 e. The van der Waals surface area contributed by atoms with Crippen LogP contribution in [0.1, 0.15) is 16.2 Å². The third-order valence-corrected chi connectivity index (χ3v) is 2.58. The number of nitrogens with one attached hydrogen (secondary N) is 1. The Bertz CT molecular complexity index is 583. The van der Waals surface area contributed by atoms with Crippen LogP contribution in [0.15, 0.2) is 23.1 Å². The summed E-state index contributed by atoms with van der Waals surface area (Å²) < 4.78 is 2.19. The molecule has 0 aliphatic heterocycles. The van der Waals surface area contributed by atoms with Gasteiger partial charge in [-0.15, -0.1) is 0 Å². The van der Waals surface area contributed by atoms with Gasteiger partial charge in [0.1, 0.15) is 17.7 Å². The van der Waals surface area contributed by atoms with Crippen molar-refractivity contribution >= 4 is 27.7 Å². The number of halogens is 1. The predicted octanol–water partition coefficient (Wildman–Crippen LogP) is 1.28. The molecule has 2 N–H and O–H groups in total. The van der Waals surface area contributed by atoms with Gasteiger partial charge in [0.15, 0.2) is 5.82 Å². The molecule has 0 fully saturated rings. The highest BCUT2D eigenvalue weighted by atomic mass is 79.9. The zero-order valence-electron chi connectivity index (χ0n) is 9.46. The Hall–Kier alpha value is -1.96. The molecule has 0 radical (unpaired) electrons. The van der Waals surface area contributed by atoms with Crippen LogP contribution in [0.25, 0.3) is 0 Å². The highest BCUT2D eigenvalue weighted by molar-refractivity contribution is 9.10. The number of aryl methyl sites for hydroxylation is 1. The maximum atomic E-state index is 11.1. The van der Waals surface area contributed by atoms with Crippen molar-refractivity contribution in [3.8, 4) is 0 Å². The average Bonchev–Trinajstić information content (AvgIpc) is 2.73. The zero-order valence-corrected chi connectivity index (χ0v) is 11.0. The van der Waals surface area contributed by atoms with Gasteiger partial charge in [-0.25, -0.2) is 14.8 Å². The van der Waals surface area contributed by atoms with Gasteiger partial charge in [-0.1, -0.05) is 0 Å². The van der Waals surface area contributed by atoms with E-state index in [2.05, 4.69) is 36.3 Å². The van der Waals surface area contributed by atoms with E-state index >= 15 is 0 Å². The zero-order chi connectivity index (χ0) is 13.1. The van der Waals surface area contributed by atoms with Gasteiger partial charge in [-0.3, -0.25) is 4.68 Å². The van der Waals surface area contributed by atoms with Crippen molar-refractivity contribution in [1.82, 2.24) is 19.7 Å². The van der Waals surface area contributed by atoms with E-state index in [1.54, 1.807) is 18.1 Å². The summed E-state index contributed by atoms with van der Waals surface area (Å²) in [7, 11) is 1.76. The second-order valence-electron chi connectivity index (χ2n) is 3.54. The smallest absolute Gasteiger partial charge is 0.339 e. The molecule has 2 aromatic heterocycles. The third kappa shape index (κ3) is 2.83. The van der Waals surface area contributed by atoms with Gasteiger partial charge in [0, 0.05) is 17.7 Å². The number of anilines is 1. The maximum absolute atomic E-state index is 11.1. The van der Waals surface area contributed by atoms with E-state index in [0.717, 1.165) is 0 Å². The van der Waals surface area contributed by atoms with E-state index in [1.165, 1.54) is 12.3 Å². The summed E-state index contributed by atoms with van der Waals surface area (Å²) in [5, 5.41) is 16.0. The monoisotopic (exact) mass is 311 g/mol. The lowest BCUT2D eigenvalue weighted by Crippen LogP contribution is -2.09. The first-order valence-corrected chi connectivity index (χ1v) is 5.83. The van der Waals surface area contributed by atoms with Crippen molar-refractivity contribution < 1.29 is 9.90 Å². The first-order valence-electron chi connectivity index (χ1n) is 5.03. The van der Waals surface area contributed by atoms with Crippen molar-refractivity contribution in [1.29, 1.82) is 0 Å². The van der Waals surface area contributed by atoms with E-state index in [-0.39, 0.29) is 11.4 Å². The van der Waals surface area contributed by atoms with Gasteiger partial charge in [-0.05, 0) is 22.0 Å². The average molecular weight is 312 g/mol. The highest BCUT2D eigenvalue weighted by Gasteiger charge is 2.12. The van der Waals surface area contributed by atoms with Crippen LogP contribution < -0.4 is 5.32 Å². The fourth-order valence-corrected chi connectivity index (χ4v) is 1.70. The van der Waals surface area contributed by atoms with Crippen molar-refractivity contribution in [2.75, 3.05) is 5.32 Å². The number of rotatable bonds is 4. The summed E-state index contributed by atoms with van der Waals surface area (Å²) in [5.74, 6) is -0.183. The molecule has 0 saturated heterocycles. The number of aromatic nitrogens is 4. The van der Waals surface area contributed by atoms with Crippen molar-refractivity contribution in [3.63, 3.8) is 0 Å². The van der Waals surface area contributed by atoms with Crippen LogP contribution in [-0.4, -0.2) is 30.8 Å². The molecule has 0 atom stereocenters. The van der Waals surface area contributed by atoms with Crippen molar-refractivity contribution in [3.05, 3.63) is 34.5 Å². The SMILES string of the molecule is Cn1cnc(CNc2ncc(Br)cc2C(=O)O)n1. The van der Waals surface area contributed by atoms with Crippen molar-refractivity contribution in [2.45, 2.75) is 6.54 Å². The molecule has 0 saturated carbocycles. The molecule has 18 heavy (non-hydrogen) atoms. The van der Waals surface area contributed by atoms with Gasteiger partial charge in [0.2, 0.25) is 0 Å². The molecule has 8 heteroatoms. The van der Waals surface area contributed by atoms with Crippen LogP contribution in [0.4, 0.5) is 5.82 Å². The fraction of sp³-hybridized carbons (Fsp3) is 0.200. The minimum absolute atomic E-state index is 0.0975. The van der Waals surface area contributed by atoms with E-state index in [1.807, 2.05) is 0 Å². The number of carbonyl (C=O) groups is 1. The Labute approximate surface area is 111 Å². The molecular weight excluding hydrogens is 302 g/mol. The van der Waals surface area contributed by atoms with Crippen LogP contribution >= 0.6 is 15.9 Å². The fourth-order valence-electron chi connectivity index (χ4n) is 1.37. The molecule has 0 spiro atoms. The lowest BCUT2D eigenvalue weighted by Gasteiger charge is -2.06. The number of hydrogen-bond donors (Lipinski definition) is 2. The Morgan fingerprint density at radius 2 is 2.33 bits per heavy atom. The van der Waals surface area contributed by atoms with Gasteiger partial charge < -0.3 is 10.4 Å². The summed E-state index contributed by atoms with van der Waals surface area (Å²) in [6.07, 6.45) is 3.10. The quantitative estimate of drug-likeness (QED) is 0.883. The Balaban J connectivity index is 2.16. The molecular formula is C10H10BrN5O2. The summed E-state index contributed by atoms with van der Waals surface area (Å²) >= 11 is 3.18. The molecule has 0 aromatic carbocycles. The summed E-state index contributed by atoms with van der Waals surface area (Å²) in [4.78, 5) is 19.1. The Morgan fingerprint density at radius 1 is 1.56 bits per heavy atom. The van der Waals surface area contributed by atoms with Gasteiger partial charge in [-0.2, -0.15) is 5.10 Å². The summed E-state index contributed by atoms with van der Waals surface area (Å²) in [6, 6.07) is 1.49. The van der Waals surface area contributed by atoms with Gasteiger partial charge in [0.05, 0.1) is 6.54 Å². The van der Waals surface area contributed by atoms with Crippen molar-refractivity contribution in [2.24, 2.45) is 7.05 Å². The van der Waals surface area contributed by atoms with Gasteiger partial charge >= 0.3 is 5.97 Å². The Kier molecular flexibility index (Phi) is 3.56. The lowest BCUT2D eigenvalue weighted by atomic mass is 10.2. The van der Waals surface area contributed by atoms with E-state index < -0.39 is 5.97 Å². The Morgan fingerprint density at radius 3 is 2.94 bits per heavy atom. The molecule has 0 aliphatic rings. The van der Waals surface area contributed by atoms with Crippen LogP contribution in [0.2, 0.25) is 0 Å². The van der Waals surface area contributed by atoms with Crippen LogP contribution in [0.3, 0.4) is 0 Å². The molecule has 7 nitrogen and oxygen atoms in total. The van der Waals surface area contributed by atoms with Crippen LogP contribution in [0, 0.1) is 0 Å². The lowest BCUT2D eigenvalue weighted by molar-refractivity contribution is 0.0697. The maximum Gasteiger partial charge on any atom is 0.339 e. The normalized spacial score (nSPS) is 10.3. The summed E-state index contributed by atoms with van der Waals surface area (Å²) in [6.45, 7) is 0.315. The van der Waals surface area contributed by atoms with Crippen LogP contribution in [0.5, 0.6) is 0 Å². The topological polar surface area (TPSA) is 92.9 Å². The summed E-state index contributed by atoms with van der Waals surface area (Å²) in [5.41, 5.74) is 0.0975. The molecule has 2 heterocycles. The number of carboxylic acid groups (broad SMARTS) is 1. The second kappa shape index (κ2) is 5.13. The molecule has 2 aromatic rings. The number of hydrogen-bond acceptors (Lipinski definition) is 5. The number of pyridine rings is 1. The standard InChI is InChI=1S/C10H10BrN5O2/c1-16-5-14-8(15-16)4-13-9-7(10(17)18)2-6(11)3-12-9/h2-3,5H,4H2,1H3,(H,12,13)(H,17,18). The van der Waals surface area contributed by atoms with E-state index in [0.29, 0.717) is 16.8 Å². The molecule has 94 valence electrons. The molecule has 2 rings (SSSR count). The van der Waals surface area contributed by atoms with Gasteiger partial charge in [0.25, 0.3) is 0 Å². The van der Waals surface area contributed by atoms with Crippen LogP contribution in [-0.2, 0) is 13.6 Å². The first-order chi connectivity index (χ1) is 8.56.